The van der Waals surface area contributed by atoms with Crippen LogP contribution in [0.4, 0.5) is 0 Å². The van der Waals surface area contributed by atoms with E-state index in [0.29, 0.717) is 11.3 Å². The molecule has 1 nitrogen and oxygen atoms in total. The molecule has 0 radical (unpaired) electrons. The molecule has 1 heteroatoms. The summed E-state index contributed by atoms with van der Waals surface area (Å²) in [5.74, 6) is 9.27. The highest BCUT2D eigenvalue weighted by Gasteiger charge is 2.46. The molecule has 3 aromatic carbocycles. The summed E-state index contributed by atoms with van der Waals surface area (Å²) >= 11 is 0. The molecule has 0 N–H and O–H groups in total. The smallest absolute Gasteiger partial charge is 0.119 e. The van der Waals surface area contributed by atoms with Gasteiger partial charge in [0.1, 0.15) is 5.75 Å². The van der Waals surface area contributed by atoms with Crippen LogP contribution >= 0.6 is 0 Å². The van der Waals surface area contributed by atoms with Crippen molar-refractivity contribution in [1.82, 2.24) is 0 Å². The number of hydrogen-bond acceptors (Lipinski definition) is 1. The van der Waals surface area contributed by atoms with Gasteiger partial charge in [0.2, 0.25) is 0 Å². The van der Waals surface area contributed by atoms with Crippen LogP contribution in [0.15, 0.2) is 54.6 Å². The van der Waals surface area contributed by atoms with E-state index in [9.17, 15) is 0 Å². The molecular weight excluding hydrogens is 352 g/mol. The van der Waals surface area contributed by atoms with Crippen molar-refractivity contribution in [1.29, 1.82) is 0 Å². The molecule has 0 amide bonds. The lowest BCUT2D eigenvalue weighted by atomic mass is 9.66. The number of aryl methyl sites for hydroxylation is 1. The predicted molar refractivity (Wildman–Crippen MR) is 120 cm³/mol. The molecule has 2 aliphatic rings. The van der Waals surface area contributed by atoms with Crippen LogP contribution in [0.5, 0.6) is 5.75 Å². The lowest BCUT2D eigenvalue weighted by Crippen LogP contribution is -2.26. The maximum atomic E-state index is 5.57. The molecule has 3 aromatic rings. The van der Waals surface area contributed by atoms with Gasteiger partial charge in [-0.15, -0.1) is 0 Å². The van der Waals surface area contributed by atoms with Crippen LogP contribution in [-0.2, 0) is 6.42 Å². The summed E-state index contributed by atoms with van der Waals surface area (Å²) in [4.78, 5) is 0. The van der Waals surface area contributed by atoms with E-state index < -0.39 is 0 Å². The fourth-order valence-electron chi connectivity index (χ4n) is 5.86. The first-order valence-corrected chi connectivity index (χ1v) is 10.8. The van der Waals surface area contributed by atoms with E-state index in [1.165, 1.54) is 35.6 Å². The van der Waals surface area contributed by atoms with Crippen molar-refractivity contribution in [3.63, 3.8) is 0 Å². The molecule has 0 spiro atoms. The Labute approximate surface area is 174 Å². The van der Waals surface area contributed by atoms with E-state index in [1.54, 1.807) is 12.7 Å². The number of ether oxygens (including phenoxy) is 1. The Morgan fingerprint density at radius 3 is 2.62 bits per heavy atom. The summed E-state index contributed by atoms with van der Waals surface area (Å²) < 4.78 is 5.57. The monoisotopic (exact) mass is 380 g/mol. The van der Waals surface area contributed by atoms with Crippen molar-refractivity contribution in [2.45, 2.75) is 45.4 Å². The molecule has 0 saturated heterocycles. The van der Waals surface area contributed by atoms with Crippen molar-refractivity contribution in [2.24, 2.45) is 11.3 Å². The molecule has 3 atom stereocenters. The van der Waals surface area contributed by atoms with E-state index in [4.69, 9.17) is 4.74 Å². The first-order valence-electron chi connectivity index (χ1n) is 10.8. The van der Waals surface area contributed by atoms with Crippen LogP contribution in [0.3, 0.4) is 0 Å². The average Bonchev–Trinajstić information content (AvgIpc) is 3.06. The summed E-state index contributed by atoms with van der Waals surface area (Å²) in [5, 5.41) is 2.59. The van der Waals surface area contributed by atoms with Gasteiger partial charge in [-0.3, -0.25) is 0 Å². The Hall–Kier alpha value is -2.72. The lowest BCUT2D eigenvalue weighted by Gasteiger charge is -2.38. The second-order valence-electron chi connectivity index (χ2n) is 9.27. The molecular formula is C28H28O. The van der Waals surface area contributed by atoms with Crippen LogP contribution in [0.25, 0.3) is 10.8 Å². The molecule has 0 bridgehead atoms. The topological polar surface area (TPSA) is 9.23 Å². The van der Waals surface area contributed by atoms with Crippen molar-refractivity contribution < 1.29 is 4.74 Å². The zero-order chi connectivity index (χ0) is 20.0. The zero-order valence-electron chi connectivity index (χ0n) is 17.6. The summed E-state index contributed by atoms with van der Waals surface area (Å²) in [6.07, 6.45) is 5.09. The standard InChI is InChI=1S/C28H28O/c1-19-15-27-26-16-21(10-9-20-7-5-4-6-8-20)23-12-11-22(29-3)17-25(23)24(26)13-14-28(27,2)18-19/h4-8,11-12,16-17,19,27H,13-15,18H2,1-3H3/t19-,27-,28+/m0/s1. The van der Waals surface area contributed by atoms with Gasteiger partial charge in [-0.25, -0.2) is 0 Å². The van der Waals surface area contributed by atoms with Gasteiger partial charge in [-0.05, 0) is 101 Å². The first-order chi connectivity index (χ1) is 14.1. The largest absolute Gasteiger partial charge is 0.497 e. The van der Waals surface area contributed by atoms with E-state index in [1.807, 2.05) is 18.2 Å². The lowest BCUT2D eigenvalue weighted by molar-refractivity contribution is 0.248. The van der Waals surface area contributed by atoms with Crippen LogP contribution in [-0.4, -0.2) is 7.11 Å². The third-order valence-electron chi connectivity index (χ3n) is 7.22. The summed E-state index contributed by atoms with van der Waals surface area (Å²) in [6.45, 7) is 4.93. The molecule has 0 unspecified atom stereocenters. The quantitative estimate of drug-likeness (QED) is 0.426. The van der Waals surface area contributed by atoms with Gasteiger partial charge >= 0.3 is 0 Å². The van der Waals surface area contributed by atoms with Crippen molar-refractivity contribution in [3.8, 4) is 17.6 Å². The maximum absolute atomic E-state index is 5.57. The Morgan fingerprint density at radius 1 is 1.00 bits per heavy atom. The van der Waals surface area contributed by atoms with E-state index in [0.717, 1.165) is 29.2 Å². The van der Waals surface area contributed by atoms with Crippen LogP contribution in [0.2, 0.25) is 0 Å². The Bertz CT molecular complexity index is 1130. The third-order valence-corrected chi connectivity index (χ3v) is 7.22. The number of fused-ring (bicyclic) bond motifs is 5. The molecule has 29 heavy (non-hydrogen) atoms. The molecule has 0 aromatic heterocycles. The molecule has 0 heterocycles. The SMILES string of the molecule is COc1ccc2c(C#Cc3ccccc3)cc3c(c2c1)CC[C@]1(C)C[C@@H](C)C[C@@H]31. The molecule has 1 saturated carbocycles. The van der Waals surface area contributed by atoms with Crippen molar-refractivity contribution in [3.05, 3.63) is 76.9 Å². The third kappa shape index (κ3) is 3.12. The fraction of sp³-hybridized carbons (Fsp3) is 0.357. The molecule has 2 aliphatic carbocycles. The molecule has 1 fully saturated rings. The number of hydrogen-bond donors (Lipinski definition) is 0. The highest BCUT2D eigenvalue weighted by molar-refractivity contribution is 5.93. The zero-order valence-corrected chi connectivity index (χ0v) is 17.6. The maximum Gasteiger partial charge on any atom is 0.119 e. The van der Waals surface area contributed by atoms with Gasteiger partial charge < -0.3 is 4.74 Å². The minimum Gasteiger partial charge on any atom is -0.497 e. The summed E-state index contributed by atoms with van der Waals surface area (Å²) in [6, 6.07) is 19.2. The van der Waals surface area contributed by atoms with Crippen LogP contribution < -0.4 is 4.74 Å². The number of benzene rings is 3. The van der Waals surface area contributed by atoms with Gasteiger partial charge in [-0.1, -0.05) is 43.9 Å². The fourth-order valence-corrected chi connectivity index (χ4v) is 5.86. The van der Waals surface area contributed by atoms with Gasteiger partial charge in [0.15, 0.2) is 0 Å². The number of rotatable bonds is 1. The predicted octanol–water partition coefficient (Wildman–Crippen LogP) is 6.71. The minimum atomic E-state index is 0.434. The molecule has 5 rings (SSSR count). The highest BCUT2D eigenvalue weighted by atomic mass is 16.5. The summed E-state index contributed by atoms with van der Waals surface area (Å²) in [5.41, 5.74) is 5.71. The summed E-state index contributed by atoms with van der Waals surface area (Å²) in [7, 11) is 1.75. The normalized spacial score (nSPS) is 25.1. The highest BCUT2D eigenvalue weighted by Crippen LogP contribution is 2.58. The average molecular weight is 381 g/mol. The molecule has 0 aliphatic heterocycles. The van der Waals surface area contributed by atoms with E-state index in [-0.39, 0.29) is 0 Å². The van der Waals surface area contributed by atoms with Crippen LogP contribution in [0.1, 0.15) is 61.3 Å². The van der Waals surface area contributed by atoms with E-state index >= 15 is 0 Å². The van der Waals surface area contributed by atoms with Gasteiger partial charge in [0.05, 0.1) is 7.11 Å². The van der Waals surface area contributed by atoms with Crippen molar-refractivity contribution >= 4 is 10.8 Å². The second-order valence-corrected chi connectivity index (χ2v) is 9.27. The van der Waals surface area contributed by atoms with Crippen LogP contribution in [0, 0.1) is 23.2 Å². The van der Waals surface area contributed by atoms with Gasteiger partial charge in [0.25, 0.3) is 0 Å². The molecule has 146 valence electrons. The van der Waals surface area contributed by atoms with E-state index in [2.05, 4.69) is 62.1 Å². The van der Waals surface area contributed by atoms with Gasteiger partial charge in [0, 0.05) is 11.1 Å². The minimum absolute atomic E-state index is 0.434. The first kappa shape index (κ1) is 18.3. The van der Waals surface area contributed by atoms with Crippen molar-refractivity contribution in [2.75, 3.05) is 7.11 Å². The second kappa shape index (κ2) is 6.96. The Morgan fingerprint density at radius 2 is 1.83 bits per heavy atom. The van der Waals surface area contributed by atoms with Gasteiger partial charge in [-0.2, -0.15) is 0 Å². The number of methoxy groups -OCH3 is 1. The Kier molecular flexibility index (Phi) is 4.39. The Balaban J connectivity index is 1.73.